The Balaban J connectivity index is 1.77. The van der Waals surface area contributed by atoms with Crippen molar-refractivity contribution >= 4 is 16.9 Å². The third-order valence-electron chi connectivity index (χ3n) is 5.92. The summed E-state index contributed by atoms with van der Waals surface area (Å²) in [5.41, 5.74) is 4.27. The van der Waals surface area contributed by atoms with Gasteiger partial charge in [-0.05, 0) is 42.7 Å². The normalized spacial score (nSPS) is 13.2. The summed E-state index contributed by atoms with van der Waals surface area (Å²) in [4.78, 5) is 15.1. The number of esters is 1. The minimum Gasteiger partial charge on any atom is -0.466 e. The molecule has 0 aliphatic heterocycles. The molecule has 2 atom stereocenters. The van der Waals surface area contributed by atoms with Crippen molar-refractivity contribution in [2.24, 2.45) is 0 Å². The number of nitrogens with zero attached hydrogens (tertiary/aromatic N) is 1. The summed E-state index contributed by atoms with van der Waals surface area (Å²) in [6.07, 6.45) is 1.97. The molecule has 3 aromatic carbocycles. The van der Waals surface area contributed by atoms with Crippen molar-refractivity contribution in [2.75, 3.05) is 6.61 Å². The summed E-state index contributed by atoms with van der Waals surface area (Å²) < 4.78 is 11.0. The molecule has 0 saturated carbocycles. The highest BCUT2D eigenvalue weighted by molar-refractivity contribution is 5.78. The number of carbonyl (C=O) groups excluding carboxylic acids is 1. The van der Waals surface area contributed by atoms with Crippen molar-refractivity contribution in [1.29, 1.82) is 0 Å². The molecule has 32 heavy (non-hydrogen) atoms. The third-order valence-corrected chi connectivity index (χ3v) is 5.92. The number of benzene rings is 3. The summed E-state index contributed by atoms with van der Waals surface area (Å²) >= 11 is 0. The first-order chi connectivity index (χ1) is 15.7. The fraction of sp³-hybridized carbons (Fsp3) is 0.250. The molecule has 0 N–H and O–H groups in total. The second-order valence-electron chi connectivity index (χ2n) is 7.99. The highest BCUT2D eigenvalue weighted by Gasteiger charge is 2.29. The first kappa shape index (κ1) is 21.8. The number of hydrogen-bond acceptors (Lipinski definition) is 4. The first-order valence-electron chi connectivity index (χ1n) is 11.1. The van der Waals surface area contributed by atoms with Gasteiger partial charge in [0.15, 0.2) is 0 Å². The van der Waals surface area contributed by atoms with Gasteiger partial charge in [0.05, 0.1) is 19.3 Å². The number of carbonyl (C=O) groups is 1. The summed E-state index contributed by atoms with van der Waals surface area (Å²) in [7, 11) is 0. The first-order valence-corrected chi connectivity index (χ1v) is 11.1. The Bertz CT molecular complexity index is 1140. The minimum absolute atomic E-state index is 0.0862. The molecule has 4 aromatic rings. The Morgan fingerprint density at radius 3 is 2.38 bits per heavy atom. The molecule has 1 unspecified atom stereocenters. The van der Waals surface area contributed by atoms with Crippen molar-refractivity contribution in [2.45, 2.75) is 38.9 Å². The van der Waals surface area contributed by atoms with Gasteiger partial charge in [0.1, 0.15) is 5.58 Å². The Kier molecular flexibility index (Phi) is 7.03. The molecule has 0 aliphatic rings. The summed E-state index contributed by atoms with van der Waals surface area (Å²) in [5, 5.41) is 1.05. The van der Waals surface area contributed by atoms with Crippen LogP contribution < -0.4 is 0 Å². The molecule has 164 valence electrons. The van der Waals surface area contributed by atoms with E-state index in [1.165, 1.54) is 11.1 Å². The molecular formula is C28H29NO3. The zero-order valence-corrected chi connectivity index (χ0v) is 18.6. The van der Waals surface area contributed by atoms with Crippen LogP contribution in [-0.2, 0) is 16.1 Å². The van der Waals surface area contributed by atoms with Crippen LogP contribution in [0.3, 0.4) is 0 Å². The lowest BCUT2D eigenvalue weighted by molar-refractivity contribution is -0.145. The average molecular weight is 428 g/mol. The molecule has 4 heteroatoms. The molecule has 0 fully saturated rings. The van der Waals surface area contributed by atoms with E-state index in [2.05, 4.69) is 78.6 Å². The van der Waals surface area contributed by atoms with Gasteiger partial charge in [-0.3, -0.25) is 9.69 Å². The van der Waals surface area contributed by atoms with Crippen molar-refractivity contribution in [3.05, 3.63) is 108 Å². The van der Waals surface area contributed by atoms with Crippen molar-refractivity contribution in [3.63, 3.8) is 0 Å². The predicted molar refractivity (Wildman–Crippen MR) is 127 cm³/mol. The van der Waals surface area contributed by atoms with E-state index in [4.69, 9.17) is 9.15 Å². The molecule has 0 bridgehead atoms. The van der Waals surface area contributed by atoms with Crippen LogP contribution in [-0.4, -0.2) is 17.5 Å². The zero-order chi connectivity index (χ0) is 22.3. The van der Waals surface area contributed by atoms with E-state index >= 15 is 0 Å². The van der Waals surface area contributed by atoms with Crippen LogP contribution in [0.25, 0.3) is 11.0 Å². The van der Waals surface area contributed by atoms with Crippen molar-refractivity contribution < 1.29 is 13.9 Å². The SMILES string of the molecule is CCOC(=O)CC(c1ccc2ccoc2c1)N(Cc1ccccc1)[C@H](C)c1ccccc1. The molecule has 4 nitrogen and oxygen atoms in total. The summed E-state index contributed by atoms with van der Waals surface area (Å²) in [6, 6.07) is 28.9. The smallest absolute Gasteiger partial charge is 0.307 e. The van der Waals surface area contributed by atoms with Gasteiger partial charge in [0, 0.05) is 24.0 Å². The van der Waals surface area contributed by atoms with E-state index in [-0.39, 0.29) is 24.5 Å². The van der Waals surface area contributed by atoms with Crippen molar-refractivity contribution in [1.82, 2.24) is 4.90 Å². The number of furan rings is 1. The Hall–Kier alpha value is -3.37. The van der Waals surface area contributed by atoms with Gasteiger partial charge in [-0.2, -0.15) is 0 Å². The monoisotopic (exact) mass is 427 g/mol. The Labute approximate surface area is 189 Å². The van der Waals surface area contributed by atoms with Crippen LogP contribution in [0.4, 0.5) is 0 Å². The Morgan fingerprint density at radius 2 is 1.66 bits per heavy atom. The van der Waals surface area contributed by atoms with Gasteiger partial charge in [-0.15, -0.1) is 0 Å². The lowest BCUT2D eigenvalue weighted by Gasteiger charge is -2.37. The van der Waals surface area contributed by atoms with Crippen molar-refractivity contribution in [3.8, 4) is 0 Å². The van der Waals surface area contributed by atoms with Crippen LogP contribution in [0.2, 0.25) is 0 Å². The number of hydrogen-bond donors (Lipinski definition) is 0. The quantitative estimate of drug-likeness (QED) is 0.279. The number of rotatable bonds is 9. The van der Waals surface area contributed by atoms with Crippen LogP contribution in [0.15, 0.2) is 95.6 Å². The van der Waals surface area contributed by atoms with E-state index < -0.39 is 0 Å². The van der Waals surface area contributed by atoms with Crippen LogP contribution >= 0.6 is 0 Å². The molecule has 4 rings (SSSR count). The topological polar surface area (TPSA) is 42.7 Å². The second kappa shape index (κ2) is 10.3. The summed E-state index contributed by atoms with van der Waals surface area (Å²) in [6.45, 7) is 5.12. The molecular weight excluding hydrogens is 398 g/mol. The van der Waals surface area contributed by atoms with Gasteiger partial charge in [0.2, 0.25) is 0 Å². The van der Waals surface area contributed by atoms with Gasteiger partial charge in [-0.25, -0.2) is 0 Å². The van der Waals surface area contributed by atoms with E-state index in [0.29, 0.717) is 13.2 Å². The maximum Gasteiger partial charge on any atom is 0.307 e. The van der Waals surface area contributed by atoms with Crippen LogP contribution in [0, 0.1) is 0 Å². The molecule has 0 saturated heterocycles. The minimum atomic E-state index is -0.199. The maximum atomic E-state index is 12.7. The largest absolute Gasteiger partial charge is 0.466 e. The molecule has 0 radical (unpaired) electrons. The molecule has 0 spiro atoms. The fourth-order valence-corrected chi connectivity index (χ4v) is 4.22. The van der Waals surface area contributed by atoms with E-state index in [9.17, 15) is 4.79 Å². The zero-order valence-electron chi connectivity index (χ0n) is 18.6. The summed E-state index contributed by atoms with van der Waals surface area (Å²) in [5.74, 6) is -0.199. The van der Waals surface area contributed by atoms with Crippen LogP contribution in [0.5, 0.6) is 0 Å². The highest BCUT2D eigenvalue weighted by atomic mass is 16.5. The highest BCUT2D eigenvalue weighted by Crippen LogP contribution is 2.36. The molecule has 1 heterocycles. The van der Waals surface area contributed by atoms with Gasteiger partial charge < -0.3 is 9.15 Å². The lowest BCUT2D eigenvalue weighted by atomic mass is 9.96. The predicted octanol–water partition coefficient (Wildman–Crippen LogP) is 6.69. The van der Waals surface area contributed by atoms with E-state index in [0.717, 1.165) is 16.5 Å². The van der Waals surface area contributed by atoms with Gasteiger partial charge in [-0.1, -0.05) is 72.8 Å². The molecule has 0 aliphatic carbocycles. The average Bonchev–Trinajstić information content (AvgIpc) is 3.30. The number of fused-ring (bicyclic) bond motifs is 1. The lowest BCUT2D eigenvalue weighted by Crippen LogP contribution is -2.33. The molecule has 0 amide bonds. The molecule has 1 aromatic heterocycles. The van der Waals surface area contributed by atoms with Gasteiger partial charge in [0.25, 0.3) is 0 Å². The van der Waals surface area contributed by atoms with E-state index in [1.54, 1.807) is 6.26 Å². The second-order valence-corrected chi connectivity index (χ2v) is 7.99. The fourth-order valence-electron chi connectivity index (χ4n) is 4.22. The standard InChI is InChI=1S/C28H29NO3/c1-3-31-28(30)19-26(25-15-14-24-16-17-32-27(24)18-25)29(20-22-10-6-4-7-11-22)21(2)23-12-8-5-9-13-23/h4-18,21,26H,3,19-20H2,1-2H3/t21-,26?/m1/s1. The third kappa shape index (κ3) is 5.09. The van der Waals surface area contributed by atoms with Crippen LogP contribution in [0.1, 0.15) is 49.0 Å². The maximum absolute atomic E-state index is 12.7. The number of ether oxygens (including phenoxy) is 1. The van der Waals surface area contributed by atoms with Gasteiger partial charge >= 0.3 is 5.97 Å². The van der Waals surface area contributed by atoms with E-state index in [1.807, 2.05) is 25.1 Å². The Morgan fingerprint density at radius 1 is 0.938 bits per heavy atom.